The Balaban J connectivity index is 1.62. The van der Waals surface area contributed by atoms with Gasteiger partial charge in [0.1, 0.15) is 0 Å². The number of nitrogens with zero attached hydrogens (tertiary/aromatic N) is 2. The van der Waals surface area contributed by atoms with E-state index in [4.69, 9.17) is 0 Å². The fourth-order valence-electron chi connectivity index (χ4n) is 2.39. The van der Waals surface area contributed by atoms with Gasteiger partial charge in [-0.1, -0.05) is 35.9 Å². The maximum atomic E-state index is 12.0. The lowest BCUT2D eigenvalue weighted by molar-refractivity contribution is -0.120. The third-order valence-corrected chi connectivity index (χ3v) is 3.47. The number of benzene rings is 2. The molecule has 0 atom stereocenters. The van der Waals surface area contributed by atoms with E-state index in [-0.39, 0.29) is 5.91 Å². The predicted molar refractivity (Wildman–Crippen MR) is 86.3 cm³/mol. The zero-order valence-corrected chi connectivity index (χ0v) is 12.4. The molecule has 1 heterocycles. The number of nitrogens with one attached hydrogen (secondary N) is 1. The van der Waals surface area contributed by atoms with Gasteiger partial charge < -0.3 is 5.32 Å². The van der Waals surface area contributed by atoms with Crippen LogP contribution in [0.25, 0.3) is 11.0 Å². The van der Waals surface area contributed by atoms with Crippen molar-refractivity contribution in [2.75, 3.05) is 0 Å². The monoisotopic (exact) mass is 291 g/mol. The third-order valence-electron chi connectivity index (χ3n) is 3.47. The number of amides is 1. The molecule has 2 aromatic carbocycles. The van der Waals surface area contributed by atoms with Crippen molar-refractivity contribution in [2.45, 2.75) is 19.9 Å². The summed E-state index contributed by atoms with van der Waals surface area (Å²) >= 11 is 0. The molecular weight excluding hydrogens is 274 g/mol. The first kappa shape index (κ1) is 14.2. The van der Waals surface area contributed by atoms with E-state index >= 15 is 0 Å². The summed E-state index contributed by atoms with van der Waals surface area (Å²) < 4.78 is 0. The van der Waals surface area contributed by atoms with Gasteiger partial charge in [0.2, 0.25) is 5.91 Å². The second-order valence-corrected chi connectivity index (χ2v) is 5.32. The summed E-state index contributed by atoms with van der Waals surface area (Å²) in [6.07, 6.45) is 3.74. The van der Waals surface area contributed by atoms with Crippen molar-refractivity contribution in [1.82, 2.24) is 15.3 Å². The van der Waals surface area contributed by atoms with E-state index in [2.05, 4.69) is 15.3 Å². The molecule has 22 heavy (non-hydrogen) atoms. The Morgan fingerprint density at radius 3 is 2.64 bits per heavy atom. The van der Waals surface area contributed by atoms with E-state index in [0.717, 1.165) is 22.2 Å². The number of aromatic nitrogens is 2. The third kappa shape index (κ3) is 3.47. The molecule has 0 saturated carbocycles. The molecule has 0 fully saturated rings. The fraction of sp³-hybridized carbons (Fsp3) is 0.167. The van der Waals surface area contributed by atoms with E-state index in [0.29, 0.717) is 13.0 Å². The molecule has 110 valence electrons. The molecule has 0 aliphatic carbocycles. The Labute approximate surface area is 129 Å². The lowest BCUT2D eigenvalue weighted by Gasteiger charge is -2.07. The molecule has 3 aromatic rings. The van der Waals surface area contributed by atoms with Gasteiger partial charge in [0.05, 0.1) is 17.5 Å². The lowest BCUT2D eigenvalue weighted by atomic mass is 10.1. The van der Waals surface area contributed by atoms with Crippen molar-refractivity contribution in [1.29, 1.82) is 0 Å². The molecular formula is C18H17N3O. The molecule has 3 rings (SSSR count). The van der Waals surface area contributed by atoms with Crippen LogP contribution in [0.3, 0.4) is 0 Å². The first-order valence-electron chi connectivity index (χ1n) is 7.22. The van der Waals surface area contributed by atoms with Gasteiger partial charge in [-0.25, -0.2) is 0 Å². The standard InChI is InChI=1S/C18H17N3O/c1-13-3-2-4-14(9-13)11-18(22)21-12-15-5-6-16-17(10-15)20-8-7-19-16/h2-10H,11-12H2,1H3,(H,21,22). The van der Waals surface area contributed by atoms with E-state index < -0.39 is 0 Å². The van der Waals surface area contributed by atoms with Crippen molar-refractivity contribution in [2.24, 2.45) is 0 Å². The van der Waals surface area contributed by atoms with Crippen LogP contribution in [0.2, 0.25) is 0 Å². The Morgan fingerprint density at radius 2 is 1.82 bits per heavy atom. The molecule has 1 amide bonds. The Bertz CT molecular complexity index is 814. The summed E-state index contributed by atoms with van der Waals surface area (Å²) in [4.78, 5) is 20.5. The van der Waals surface area contributed by atoms with Crippen LogP contribution in [0.15, 0.2) is 54.9 Å². The average molecular weight is 291 g/mol. The molecule has 4 heteroatoms. The molecule has 0 saturated heterocycles. The quantitative estimate of drug-likeness (QED) is 0.804. The molecule has 0 aliphatic rings. The summed E-state index contributed by atoms with van der Waals surface area (Å²) in [5.74, 6) is 0.0184. The minimum absolute atomic E-state index is 0.0184. The van der Waals surface area contributed by atoms with E-state index in [1.807, 2.05) is 49.4 Å². The Kier molecular flexibility index (Phi) is 4.10. The minimum Gasteiger partial charge on any atom is -0.352 e. The van der Waals surface area contributed by atoms with Gasteiger partial charge in [0.15, 0.2) is 0 Å². The highest BCUT2D eigenvalue weighted by molar-refractivity contribution is 5.79. The number of carbonyl (C=O) groups is 1. The molecule has 4 nitrogen and oxygen atoms in total. The van der Waals surface area contributed by atoms with Crippen molar-refractivity contribution in [3.05, 3.63) is 71.5 Å². The molecule has 0 spiro atoms. The van der Waals surface area contributed by atoms with Gasteiger partial charge in [-0.05, 0) is 30.2 Å². The molecule has 0 aliphatic heterocycles. The minimum atomic E-state index is 0.0184. The first-order chi connectivity index (χ1) is 10.7. The van der Waals surface area contributed by atoms with E-state index in [1.165, 1.54) is 5.56 Å². The van der Waals surface area contributed by atoms with Gasteiger partial charge in [-0.15, -0.1) is 0 Å². The van der Waals surface area contributed by atoms with Crippen molar-refractivity contribution in [3.8, 4) is 0 Å². The highest BCUT2D eigenvalue weighted by atomic mass is 16.1. The fourth-order valence-corrected chi connectivity index (χ4v) is 2.39. The molecule has 0 radical (unpaired) electrons. The SMILES string of the molecule is Cc1cccc(CC(=O)NCc2ccc3nccnc3c2)c1. The number of aryl methyl sites for hydroxylation is 1. The first-order valence-corrected chi connectivity index (χ1v) is 7.22. The Hall–Kier alpha value is -2.75. The maximum absolute atomic E-state index is 12.0. The topological polar surface area (TPSA) is 54.9 Å². The zero-order chi connectivity index (χ0) is 15.4. The molecule has 0 unspecified atom stereocenters. The molecule has 0 bridgehead atoms. The number of rotatable bonds is 4. The van der Waals surface area contributed by atoms with Crippen molar-refractivity contribution >= 4 is 16.9 Å². The summed E-state index contributed by atoms with van der Waals surface area (Å²) in [5, 5.41) is 2.94. The lowest BCUT2D eigenvalue weighted by Crippen LogP contribution is -2.24. The summed E-state index contributed by atoms with van der Waals surface area (Å²) in [6, 6.07) is 13.8. The van der Waals surface area contributed by atoms with Gasteiger partial charge >= 0.3 is 0 Å². The highest BCUT2D eigenvalue weighted by Gasteiger charge is 2.04. The summed E-state index contributed by atoms with van der Waals surface area (Å²) in [5.41, 5.74) is 4.91. The van der Waals surface area contributed by atoms with Gasteiger partial charge in [0.25, 0.3) is 0 Å². The smallest absolute Gasteiger partial charge is 0.224 e. The number of hydrogen-bond acceptors (Lipinski definition) is 3. The van der Waals surface area contributed by atoms with Crippen LogP contribution in [0, 0.1) is 6.92 Å². The van der Waals surface area contributed by atoms with Crippen LogP contribution in [-0.2, 0) is 17.8 Å². The highest BCUT2D eigenvalue weighted by Crippen LogP contribution is 2.11. The van der Waals surface area contributed by atoms with Crippen LogP contribution >= 0.6 is 0 Å². The Morgan fingerprint density at radius 1 is 1.00 bits per heavy atom. The van der Waals surface area contributed by atoms with Gasteiger partial charge in [0, 0.05) is 18.9 Å². The van der Waals surface area contributed by atoms with Crippen LogP contribution in [0.1, 0.15) is 16.7 Å². The van der Waals surface area contributed by atoms with Crippen LogP contribution in [0.5, 0.6) is 0 Å². The largest absolute Gasteiger partial charge is 0.352 e. The molecule has 1 N–H and O–H groups in total. The van der Waals surface area contributed by atoms with E-state index in [9.17, 15) is 4.79 Å². The van der Waals surface area contributed by atoms with Gasteiger partial charge in [-0.2, -0.15) is 0 Å². The normalized spacial score (nSPS) is 10.6. The molecule has 1 aromatic heterocycles. The second-order valence-electron chi connectivity index (χ2n) is 5.32. The van der Waals surface area contributed by atoms with Crippen molar-refractivity contribution in [3.63, 3.8) is 0 Å². The predicted octanol–water partition coefficient (Wildman–Crippen LogP) is 2.80. The number of fused-ring (bicyclic) bond motifs is 1. The van der Waals surface area contributed by atoms with Crippen LogP contribution < -0.4 is 5.32 Å². The maximum Gasteiger partial charge on any atom is 0.224 e. The average Bonchev–Trinajstić information content (AvgIpc) is 2.53. The zero-order valence-electron chi connectivity index (χ0n) is 12.4. The van der Waals surface area contributed by atoms with Crippen molar-refractivity contribution < 1.29 is 4.79 Å². The summed E-state index contributed by atoms with van der Waals surface area (Å²) in [6.45, 7) is 2.52. The second kappa shape index (κ2) is 6.35. The van der Waals surface area contributed by atoms with Crippen LogP contribution in [0.4, 0.5) is 0 Å². The number of carbonyl (C=O) groups excluding carboxylic acids is 1. The number of hydrogen-bond donors (Lipinski definition) is 1. The van der Waals surface area contributed by atoms with Crippen LogP contribution in [-0.4, -0.2) is 15.9 Å². The van der Waals surface area contributed by atoms with E-state index in [1.54, 1.807) is 12.4 Å². The summed E-state index contributed by atoms with van der Waals surface area (Å²) in [7, 11) is 0. The van der Waals surface area contributed by atoms with Gasteiger partial charge in [-0.3, -0.25) is 14.8 Å².